The Labute approximate surface area is 147 Å². The molecular formula is C18H13ClN2O4. The standard InChI is InChI=1S/C18H13ClN2O4/c1-23-16-5-3-2-4-13(16)14-9-12(25-20-14)10-21-15-7-6-11(19)8-17(15)24-18(21)22/h2-9H,10H2,1H3. The lowest BCUT2D eigenvalue weighted by molar-refractivity contribution is 0.373. The minimum atomic E-state index is -0.479. The first kappa shape index (κ1) is 15.5. The van der Waals surface area contributed by atoms with Crippen molar-refractivity contribution in [1.82, 2.24) is 9.72 Å². The summed E-state index contributed by atoms with van der Waals surface area (Å²) in [5.41, 5.74) is 2.53. The van der Waals surface area contributed by atoms with E-state index in [2.05, 4.69) is 5.16 Å². The molecule has 4 aromatic rings. The van der Waals surface area contributed by atoms with Crippen LogP contribution in [0, 0.1) is 0 Å². The van der Waals surface area contributed by atoms with E-state index in [1.165, 1.54) is 4.57 Å². The molecule has 0 fully saturated rings. The van der Waals surface area contributed by atoms with Gasteiger partial charge in [-0.3, -0.25) is 4.57 Å². The number of rotatable bonds is 4. The van der Waals surface area contributed by atoms with Gasteiger partial charge in [0.1, 0.15) is 11.4 Å². The normalized spacial score (nSPS) is 11.1. The Hall–Kier alpha value is -2.99. The van der Waals surface area contributed by atoms with Gasteiger partial charge in [0, 0.05) is 22.7 Å². The summed E-state index contributed by atoms with van der Waals surface area (Å²) in [6.45, 7) is 0.204. The maximum Gasteiger partial charge on any atom is 0.420 e. The van der Waals surface area contributed by atoms with Crippen molar-refractivity contribution in [1.29, 1.82) is 0 Å². The molecule has 0 aliphatic heterocycles. The molecule has 0 radical (unpaired) electrons. The van der Waals surface area contributed by atoms with Crippen LogP contribution in [0.5, 0.6) is 5.75 Å². The largest absolute Gasteiger partial charge is 0.496 e. The van der Waals surface area contributed by atoms with E-state index in [1.807, 2.05) is 24.3 Å². The Morgan fingerprint density at radius 3 is 2.88 bits per heavy atom. The zero-order valence-corrected chi connectivity index (χ0v) is 14.0. The molecule has 2 aromatic heterocycles. The van der Waals surface area contributed by atoms with Crippen LogP contribution in [-0.2, 0) is 6.54 Å². The van der Waals surface area contributed by atoms with E-state index in [9.17, 15) is 4.79 Å². The van der Waals surface area contributed by atoms with Crippen molar-refractivity contribution in [2.75, 3.05) is 7.11 Å². The lowest BCUT2D eigenvalue weighted by Gasteiger charge is -2.03. The van der Waals surface area contributed by atoms with Gasteiger partial charge in [-0.1, -0.05) is 28.9 Å². The maximum atomic E-state index is 12.1. The average Bonchev–Trinajstić information content (AvgIpc) is 3.20. The van der Waals surface area contributed by atoms with Crippen molar-refractivity contribution in [2.24, 2.45) is 0 Å². The van der Waals surface area contributed by atoms with Crippen molar-refractivity contribution in [3.8, 4) is 17.0 Å². The Morgan fingerprint density at radius 2 is 2.04 bits per heavy atom. The molecule has 0 aliphatic carbocycles. The smallest absolute Gasteiger partial charge is 0.420 e. The third-order valence-corrected chi connectivity index (χ3v) is 4.12. The third kappa shape index (κ3) is 2.81. The van der Waals surface area contributed by atoms with E-state index in [-0.39, 0.29) is 6.54 Å². The minimum Gasteiger partial charge on any atom is -0.496 e. The van der Waals surface area contributed by atoms with E-state index >= 15 is 0 Å². The number of hydrogen-bond donors (Lipinski definition) is 0. The summed E-state index contributed by atoms with van der Waals surface area (Å²) in [7, 11) is 1.60. The average molecular weight is 357 g/mol. The van der Waals surface area contributed by atoms with E-state index in [0.717, 1.165) is 5.56 Å². The molecule has 0 saturated heterocycles. The van der Waals surface area contributed by atoms with Crippen LogP contribution >= 0.6 is 11.6 Å². The number of oxazole rings is 1. The topological polar surface area (TPSA) is 70.4 Å². The molecule has 0 saturated carbocycles. The number of methoxy groups -OCH3 is 1. The van der Waals surface area contributed by atoms with Gasteiger partial charge in [0.15, 0.2) is 11.3 Å². The fourth-order valence-corrected chi connectivity index (χ4v) is 2.88. The number of halogens is 1. The van der Waals surface area contributed by atoms with Crippen LogP contribution in [0.4, 0.5) is 0 Å². The molecule has 0 bridgehead atoms. The van der Waals surface area contributed by atoms with Crippen LogP contribution in [0.2, 0.25) is 5.02 Å². The summed E-state index contributed by atoms with van der Waals surface area (Å²) < 4.78 is 17.4. The molecule has 25 heavy (non-hydrogen) atoms. The molecule has 6 nitrogen and oxygen atoms in total. The summed E-state index contributed by atoms with van der Waals surface area (Å²) in [5.74, 6) is 0.746. The zero-order chi connectivity index (χ0) is 17.4. The van der Waals surface area contributed by atoms with Gasteiger partial charge in [0.2, 0.25) is 0 Å². The SMILES string of the molecule is COc1ccccc1-c1cc(Cn2c(=O)oc3cc(Cl)ccc32)on1. The molecule has 0 N–H and O–H groups in total. The van der Waals surface area contributed by atoms with Gasteiger partial charge >= 0.3 is 5.76 Å². The molecule has 0 spiro atoms. The first-order valence-electron chi connectivity index (χ1n) is 7.53. The van der Waals surface area contributed by atoms with Crippen molar-refractivity contribution in [3.63, 3.8) is 0 Å². The third-order valence-electron chi connectivity index (χ3n) is 3.89. The molecule has 0 atom stereocenters. The first-order chi connectivity index (χ1) is 12.2. The molecule has 2 heterocycles. The molecule has 0 amide bonds. The van der Waals surface area contributed by atoms with Gasteiger partial charge < -0.3 is 13.7 Å². The lowest BCUT2D eigenvalue weighted by atomic mass is 10.1. The highest BCUT2D eigenvalue weighted by Crippen LogP contribution is 2.29. The second-order valence-electron chi connectivity index (χ2n) is 5.44. The number of ether oxygens (including phenoxy) is 1. The number of fused-ring (bicyclic) bond motifs is 1. The molecule has 0 unspecified atom stereocenters. The lowest BCUT2D eigenvalue weighted by Crippen LogP contribution is -2.14. The van der Waals surface area contributed by atoms with Crippen LogP contribution < -0.4 is 10.5 Å². The van der Waals surface area contributed by atoms with Gasteiger partial charge in [0.25, 0.3) is 0 Å². The highest BCUT2D eigenvalue weighted by atomic mass is 35.5. The van der Waals surface area contributed by atoms with Crippen molar-refractivity contribution >= 4 is 22.7 Å². The zero-order valence-electron chi connectivity index (χ0n) is 13.2. The predicted molar refractivity (Wildman–Crippen MR) is 93.1 cm³/mol. The van der Waals surface area contributed by atoms with Gasteiger partial charge in [-0.25, -0.2) is 4.79 Å². The Morgan fingerprint density at radius 1 is 1.20 bits per heavy atom. The second kappa shape index (κ2) is 6.14. The number of benzene rings is 2. The molecule has 0 aliphatic rings. The highest BCUT2D eigenvalue weighted by Gasteiger charge is 2.15. The summed E-state index contributed by atoms with van der Waals surface area (Å²) in [6, 6.07) is 14.3. The van der Waals surface area contributed by atoms with Gasteiger partial charge in [-0.05, 0) is 24.3 Å². The number of nitrogens with zero attached hydrogens (tertiary/aromatic N) is 2. The molecular weight excluding hydrogens is 344 g/mol. The molecule has 7 heteroatoms. The Bertz CT molecular complexity index is 1110. The number of aromatic nitrogens is 2. The van der Waals surface area contributed by atoms with Crippen LogP contribution in [-0.4, -0.2) is 16.8 Å². The molecule has 126 valence electrons. The van der Waals surface area contributed by atoms with E-state index < -0.39 is 5.76 Å². The summed E-state index contributed by atoms with van der Waals surface area (Å²) >= 11 is 5.93. The monoisotopic (exact) mass is 356 g/mol. The van der Waals surface area contributed by atoms with Crippen LogP contribution in [0.1, 0.15) is 5.76 Å². The van der Waals surface area contributed by atoms with E-state index in [1.54, 1.807) is 31.4 Å². The summed E-state index contributed by atoms with van der Waals surface area (Å²) in [6.07, 6.45) is 0. The predicted octanol–water partition coefficient (Wildman–Crippen LogP) is 3.96. The van der Waals surface area contributed by atoms with Crippen molar-refractivity contribution < 1.29 is 13.7 Å². The van der Waals surface area contributed by atoms with Crippen molar-refractivity contribution in [3.05, 3.63) is 69.9 Å². The maximum absolute atomic E-state index is 12.1. The number of para-hydroxylation sites is 1. The fraction of sp³-hybridized carbons (Fsp3) is 0.111. The van der Waals surface area contributed by atoms with E-state index in [4.69, 9.17) is 25.3 Å². The van der Waals surface area contributed by atoms with Crippen molar-refractivity contribution in [2.45, 2.75) is 6.54 Å². The highest BCUT2D eigenvalue weighted by molar-refractivity contribution is 6.31. The van der Waals surface area contributed by atoms with Gasteiger partial charge in [0.05, 0.1) is 19.2 Å². The fourth-order valence-electron chi connectivity index (χ4n) is 2.72. The van der Waals surface area contributed by atoms with Gasteiger partial charge in [-0.2, -0.15) is 0 Å². The van der Waals surface area contributed by atoms with Crippen LogP contribution in [0.15, 0.2) is 62.3 Å². The quantitative estimate of drug-likeness (QED) is 0.553. The number of hydrogen-bond acceptors (Lipinski definition) is 5. The van der Waals surface area contributed by atoms with E-state index in [0.29, 0.717) is 33.3 Å². The second-order valence-corrected chi connectivity index (χ2v) is 5.88. The molecule has 2 aromatic carbocycles. The summed E-state index contributed by atoms with van der Waals surface area (Å²) in [5, 5.41) is 4.58. The van der Waals surface area contributed by atoms with Crippen LogP contribution in [0.25, 0.3) is 22.4 Å². The minimum absolute atomic E-state index is 0.204. The van der Waals surface area contributed by atoms with Gasteiger partial charge in [-0.15, -0.1) is 0 Å². The Kier molecular flexibility index (Phi) is 3.82. The first-order valence-corrected chi connectivity index (χ1v) is 7.91. The molecule has 4 rings (SSSR count). The summed E-state index contributed by atoms with van der Waals surface area (Å²) in [4.78, 5) is 12.1. The van der Waals surface area contributed by atoms with Crippen LogP contribution in [0.3, 0.4) is 0 Å². The Balaban J connectivity index is 1.70.